The summed E-state index contributed by atoms with van der Waals surface area (Å²) in [7, 11) is -5.23. The monoisotopic (exact) mass is 292 g/mol. The van der Waals surface area contributed by atoms with Crippen molar-refractivity contribution in [1.29, 1.82) is 0 Å². The Morgan fingerprint density at radius 1 is 1.32 bits per heavy atom. The Hall–Kier alpha value is -0.655. The van der Waals surface area contributed by atoms with Gasteiger partial charge in [-0.1, -0.05) is 31.5 Å². The molecule has 1 aliphatic heterocycles. The van der Waals surface area contributed by atoms with E-state index in [-0.39, 0.29) is 5.75 Å². The molecule has 0 radical (unpaired) electrons. The van der Waals surface area contributed by atoms with Crippen LogP contribution in [0.2, 0.25) is 0 Å². The molecule has 2 rings (SSSR count). The minimum Gasteiger partial charge on any atom is -0.500 e. The molecule has 1 aliphatic rings. The molecule has 2 nitrogen and oxygen atoms in total. The third-order valence-electron chi connectivity index (χ3n) is 2.88. The van der Waals surface area contributed by atoms with Gasteiger partial charge in [0.15, 0.2) is 21.8 Å². The molecule has 0 aliphatic carbocycles. The van der Waals surface area contributed by atoms with E-state index in [1.807, 2.05) is 37.3 Å². The summed E-state index contributed by atoms with van der Waals surface area (Å²) in [6, 6.07) is 9.37. The highest BCUT2D eigenvalue weighted by Crippen LogP contribution is 2.32. The molecule has 19 heavy (non-hydrogen) atoms. The highest BCUT2D eigenvalue weighted by atomic mass is 32.2. The van der Waals surface area contributed by atoms with Crippen molar-refractivity contribution < 1.29 is 21.8 Å². The summed E-state index contributed by atoms with van der Waals surface area (Å²) in [5.41, 5.74) is 0. The van der Waals surface area contributed by atoms with E-state index >= 15 is 0 Å². The molecule has 1 aromatic rings. The summed E-state index contributed by atoms with van der Waals surface area (Å²) in [5, 5.41) is 0. The zero-order valence-corrected chi connectivity index (χ0v) is 11.4. The van der Waals surface area contributed by atoms with Crippen LogP contribution >= 0.6 is 0 Å². The SMILES string of the molecule is CCC[C@H]1O[S+](c2ccccc2)C[C@@H]1O[B-](F)(F)F. The van der Waals surface area contributed by atoms with Gasteiger partial charge in [0.2, 0.25) is 0 Å². The number of hydrogen-bond donors (Lipinski definition) is 0. The average Bonchev–Trinajstić information content (AvgIpc) is 2.72. The third-order valence-corrected chi connectivity index (χ3v) is 4.79. The zero-order chi connectivity index (χ0) is 13.9. The lowest BCUT2D eigenvalue weighted by molar-refractivity contribution is 0.0488. The van der Waals surface area contributed by atoms with Gasteiger partial charge < -0.3 is 17.6 Å². The first-order valence-electron chi connectivity index (χ1n) is 6.29. The maximum Gasteiger partial charge on any atom is 0.637 e. The Bertz CT molecular complexity index is 402. The molecule has 0 saturated carbocycles. The van der Waals surface area contributed by atoms with E-state index in [0.717, 1.165) is 11.3 Å². The standard InChI is InChI=1S/C12H16BF3O2S/c1-2-6-11-12(17-13(14,15)16)9-19(18-11)10-7-4-3-5-8-10/h3-5,7-8,11-12H,2,6,9H2,1H3/t11-,12+,19?/m1/s1. The Morgan fingerprint density at radius 2 is 2.00 bits per heavy atom. The van der Waals surface area contributed by atoms with Crippen molar-refractivity contribution >= 4 is 18.4 Å². The molecular formula is C12H16BF3O2S. The van der Waals surface area contributed by atoms with Crippen LogP contribution in [0.1, 0.15) is 19.8 Å². The Labute approximate surface area is 113 Å². The molecule has 7 heteroatoms. The molecule has 3 atom stereocenters. The lowest BCUT2D eigenvalue weighted by atomic mass is 10.1. The van der Waals surface area contributed by atoms with Crippen molar-refractivity contribution in [3.63, 3.8) is 0 Å². The van der Waals surface area contributed by atoms with Crippen LogP contribution in [-0.2, 0) is 20.0 Å². The molecule has 1 saturated heterocycles. The van der Waals surface area contributed by atoms with Crippen molar-refractivity contribution in [2.24, 2.45) is 0 Å². The smallest absolute Gasteiger partial charge is 0.500 e. The quantitative estimate of drug-likeness (QED) is 0.611. The van der Waals surface area contributed by atoms with Crippen molar-refractivity contribution in [1.82, 2.24) is 0 Å². The van der Waals surface area contributed by atoms with Gasteiger partial charge in [0.05, 0.1) is 6.10 Å². The van der Waals surface area contributed by atoms with Gasteiger partial charge in [-0.15, -0.1) is 0 Å². The van der Waals surface area contributed by atoms with Crippen molar-refractivity contribution in [2.45, 2.75) is 36.9 Å². The summed E-state index contributed by atoms with van der Waals surface area (Å²) in [5.74, 6) is 0.288. The lowest BCUT2D eigenvalue weighted by Gasteiger charge is -2.22. The highest BCUT2D eigenvalue weighted by molar-refractivity contribution is 7.92. The molecule has 1 fully saturated rings. The molecule has 1 unspecified atom stereocenters. The van der Waals surface area contributed by atoms with E-state index in [0.29, 0.717) is 6.42 Å². The zero-order valence-electron chi connectivity index (χ0n) is 10.6. The molecule has 0 aromatic heterocycles. The normalized spacial score (nSPS) is 27.7. The molecule has 0 amide bonds. The summed E-state index contributed by atoms with van der Waals surface area (Å²) in [4.78, 5) is 0.935. The van der Waals surface area contributed by atoms with Crippen molar-refractivity contribution in [3.05, 3.63) is 30.3 Å². The summed E-state index contributed by atoms with van der Waals surface area (Å²) >= 11 is -0.602. The minimum absolute atomic E-state index is 0.288. The Kier molecular flexibility index (Phi) is 4.81. The van der Waals surface area contributed by atoms with Crippen LogP contribution in [0.5, 0.6) is 0 Å². The van der Waals surface area contributed by atoms with Crippen LogP contribution in [0, 0.1) is 0 Å². The topological polar surface area (TPSA) is 18.5 Å². The molecule has 0 N–H and O–H groups in total. The highest BCUT2D eigenvalue weighted by Gasteiger charge is 2.47. The molecular weight excluding hydrogens is 276 g/mol. The van der Waals surface area contributed by atoms with Gasteiger partial charge in [0.25, 0.3) is 0 Å². The predicted octanol–water partition coefficient (Wildman–Crippen LogP) is 3.51. The predicted molar refractivity (Wildman–Crippen MR) is 70.7 cm³/mol. The second-order valence-corrected chi connectivity index (χ2v) is 6.13. The molecule has 0 bridgehead atoms. The van der Waals surface area contributed by atoms with Crippen LogP contribution in [0.25, 0.3) is 0 Å². The van der Waals surface area contributed by atoms with Gasteiger partial charge in [0.1, 0.15) is 6.10 Å². The van der Waals surface area contributed by atoms with Gasteiger partial charge in [0, 0.05) is 0 Å². The fourth-order valence-electron chi connectivity index (χ4n) is 2.07. The fraction of sp³-hybridized carbons (Fsp3) is 0.500. The van der Waals surface area contributed by atoms with Gasteiger partial charge in [-0.05, 0) is 18.6 Å². The van der Waals surface area contributed by atoms with Crippen LogP contribution in [-0.4, -0.2) is 25.1 Å². The molecule has 1 aromatic carbocycles. The van der Waals surface area contributed by atoms with E-state index in [1.165, 1.54) is 0 Å². The first-order valence-corrected chi connectivity index (χ1v) is 7.61. The number of benzene rings is 1. The summed E-state index contributed by atoms with van der Waals surface area (Å²) < 4.78 is 47.3. The number of halogens is 3. The lowest BCUT2D eigenvalue weighted by Crippen LogP contribution is -2.36. The summed E-state index contributed by atoms with van der Waals surface area (Å²) in [6.45, 7) is 1.93. The van der Waals surface area contributed by atoms with Crippen LogP contribution < -0.4 is 0 Å². The maximum atomic E-state index is 12.4. The maximum absolute atomic E-state index is 12.4. The van der Waals surface area contributed by atoms with E-state index in [9.17, 15) is 12.9 Å². The summed E-state index contributed by atoms with van der Waals surface area (Å²) in [6.07, 6.45) is 0.0367. The molecule has 0 spiro atoms. The average molecular weight is 292 g/mol. The second kappa shape index (κ2) is 6.20. The van der Waals surface area contributed by atoms with Crippen molar-refractivity contribution in [2.75, 3.05) is 5.75 Å². The fourth-order valence-corrected chi connectivity index (χ4v) is 4.03. The largest absolute Gasteiger partial charge is 0.637 e. The first kappa shape index (κ1) is 14.7. The molecule has 1 heterocycles. The van der Waals surface area contributed by atoms with Gasteiger partial charge in [-0.3, -0.25) is 0 Å². The van der Waals surface area contributed by atoms with E-state index < -0.39 is 30.6 Å². The van der Waals surface area contributed by atoms with E-state index in [2.05, 4.69) is 4.65 Å². The van der Waals surface area contributed by atoms with E-state index in [4.69, 9.17) is 4.18 Å². The molecule has 106 valence electrons. The third kappa shape index (κ3) is 4.16. The second-order valence-electron chi connectivity index (χ2n) is 4.44. The van der Waals surface area contributed by atoms with Crippen LogP contribution in [0.4, 0.5) is 12.9 Å². The van der Waals surface area contributed by atoms with E-state index in [1.54, 1.807) is 0 Å². The van der Waals surface area contributed by atoms with Gasteiger partial charge in [-0.25, -0.2) is 0 Å². The van der Waals surface area contributed by atoms with Crippen molar-refractivity contribution in [3.8, 4) is 0 Å². The number of hydrogen-bond acceptors (Lipinski definition) is 2. The van der Waals surface area contributed by atoms with Crippen LogP contribution in [0.15, 0.2) is 35.2 Å². The Morgan fingerprint density at radius 3 is 2.58 bits per heavy atom. The van der Waals surface area contributed by atoms with Gasteiger partial charge >= 0.3 is 7.18 Å². The minimum atomic E-state index is -5.23. The van der Waals surface area contributed by atoms with Crippen LogP contribution in [0.3, 0.4) is 0 Å². The first-order chi connectivity index (χ1) is 8.99. The van der Waals surface area contributed by atoms with Gasteiger partial charge in [-0.2, -0.15) is 4.18 Å². The number of rotatable bonds is 5. The Balaban J connectivity index is 2.07.